The minimum atomic E-state index is -5.41. The van der Waals surface area contributed by atoms with Gasteiger partial charge in [-0.1, -0.05) is 7.60 Å². The van der Waals surface area contributed by atoms with E-state index in [0.717, 1.165) is 0 Å². The van der Waals surface area contributed by atoms with Crippen LogP contribution in [0.4, 0.5) is 17.6 Å². The van der Waals surface area contributed by atoms with Gasteiger partial charge in [0, 0.05) is 6.16 Å². The average molecular weight is 194 g/mol. The van der Waals surface area contributed by atoms with Gasteiger partial charge in [0.2, 0.25) is 0 Å². The Bertz CT molecular complexity index is 172. The summed E-state index contributed by atoms with van der Waals surface area (Å²) < 4.78 is 54.9. The van der Waals surface area contributed by atoms with E-state index in [1.165, 1.54) is 0 Å². The molecule has 11 heavy (non-hydrogen) atoms. The summed E-state index contributed by atoms with van der Waals surface area (Å²) in [4.78, 5) is 19.2. The maximum absolute atomic E-state index is 11.7. The van der Waals surface area contributed by atoms with Crippen molar-refractivity contribution in [2.45, 2.75) is 12.3 Å². The van der Waals surface area contributed by atoms with Gasteiger partial charge in [-0.2, -0.15) is 13.2 Å². The van der Waals surface area contributed by atoms with Crippen molar-refractivity contribution < 1.29 is 31.9 Å². The summed E-state index contributed by atoms with van der Waals surface area (Å²) in [6, 6.07) is 0. The monoisotopic (exact) mass is 194 g/mol. The molecule has 0 aliphatic rings. The van der Waals surface area contributed by atoms with Crippen molar-refractivity contribution in [1.82, 2.24) is 0 Å². The lowest BCUT2D eigenvalue weighted by atomic mass is 10.4. The molecule has 1 unspecified atom stereocenters. The summed E-state index contributed by atoms with van der Waals surface area (Å²) in [5.41, 5.74) is 0. The van der Waals surface area contributed by atoms with Crippen LogP contribution in [0.2, 0.25) is 0 Å². The zero-order chi connectivity index (χ0) is 9.28. The molecule has 68 valence electrons. The Kier molecular flexibility index (Phi) is 3.05. The first-order valence-electron chi connectivity index (χ1n) is 2.35. The van der Waals surface area contributed by atoms with E-state index in [9.17, 15) is 31.9 Å². The molecule has 0 rings (SSSR count). The number of halogens is 4. The molecule has 0 N–H and O–H groups in total. The molecule has 1 atom stereocenters. The van der Waals surface area contributed by atoms with Gasteiger partial charge in [-0.3, -0.25) is 0 Å². The van der Waals surface area contributed by atoms with Crippen LogP contribution in [-0.2, 0) is 4.57 Å². The molecule has 0 bridgehead atoms. The first kappa shape index (κ1) is 10.9. The van der Waals surface area contributed by atoms with Gasteiger partial charge in [0.25, 0.3) is 0 Å². The molecular formula is C3H3F4O3P-2. The van der Waals surface area contributed by atoms with Gasteiger partial charge >= 0.3 is 6.18 Å². The van der Waals surface area contributed by atoms with Crippen molar-refractivity contribution in [2.24, 2.45) is 0 Å². The Morgan fingerprint density at radius 1 is 1.36 bits per heavy atom. The fourth-order valence-electron chi connectivity index (χ4n) is 0.300. The van der Waals surface area contributed by atoms with Crippen molar-refractivity contribution in [3.63, 3.8) is 0 Å². The van der Waals surface area contributed by atoms with E-state index in [1.54, 1.807) is 0 Å². The van der Waals surface area contributed by atoms with Crippen molar-refractivity contribution >= 4 is 7.60 Å². The molecule has 0 saturated carbocycles. The van der Waals surface area contributed by atoms with E-state index >= 15 is 0 Å². The van der Waals surface area contributed by atoms with Crippen LogP contribution in [0.15, 0.2) is 0 Å². The Morgan fingerprint density at radius 3 is 1.82 bits per heavy atom. The van der Waals surface area contributed by atoms with Crippen molar-refractivity contribution in [1.29, 1.82) is 0 Å². The largest absolute Gasteiger partial charge is 0.811 e. The molecular weight excluding hydrogens is 191 g/mol. The molecule has 0 aromatic rings. The predicted molar refractivity (Wildman–Crippen MR) is 23.4 cm³/mol. The normalized spacial score (nSPS) is 16.5. The minimum Gasteiger partial charge on any atom is -0.811 e. The molecule has 0 aliphatic heterocycles. The molecule has 0 spiro atoms. The summed E-state index contributed by atoms with van der Waals surface area (Å²) >= 11 is 0. The van der Waals surface area contributed by atoms with Gasteiger partial charge in [0.15, 0.2) is 6.17 Å². The summed E-state index contributed by atoms with van der Waals surface area (Å²) in [6.45, 7) is 0. The fourth-order valence-corrected chi connectivity index (χ4v) is 0.899. The highest BCUT2D eigenvalue weighted by Gasteiger charge is 2.40. The van der Waals surface area contributed by atoms with Gasteiger partial charge in [-0.25, -0.2) is 4.39 Å². The zero-order valence-corrected chi connectivity index (χ0v) is 5.86. The molecule has 3 nitrogen and oxygen atoms in total. The van der Waals surface area contributed by atoms with Crippen LogP contribution in [0.1, 0.15) is 0 Å². The van der Waals surface area contributed by atoms with Gasteiger partial charge in [0.1, 0.15) is 0 Å². The van der Waals surface area contributed by atoms with E-state index in [4.69, 9.17) is 0 Å². The first-order valence-corrected chi connectivity index (χ1v) is 4.07. The average Bonchev–Trinajstić information content (AvgIpc) is 1.56. The maximum atomic E-state index is 11.7. The standard InChI is InChI=1S/C3H5F4O3P/c4-2(3(5,6)7)1-11(8,9)10/h2H,1H2,(H2,8,9,10)/p-2. The highest BCUT2D eigenvalue weighted by Crippen LogP contribution is 2.33. The molecule has 0 saturated heterocycles. The summed E-state index contributed by atoms with van der Waals surface area (Å²) in [7, 11) is -5.41. The highest BCUT2D eigenvalue weighted by molar-refractivity contribution is 7.48. The highest BCUT2D eigenvalue weighted by atomic mass is 31.2. The number of hydrogen-bond donors (Lipinski definition) is 0. The van der Waals surface area contributed by atoms with Crippen LogP contribution in [-0.4, -0.2) is 18.5 Å². The van der Waals surface area contributed by atoms with Gasteiger partial charge in [-0.05, 0) is 0 Å². The summed E-state index contributed by atoms with van der Waals surface area (Å²) in [6.07, 6.45) is -10.9. The van der Waals surface area contributed by atoms with Crippen LogP contribution in [0.3, 0.4) is 0 Å². The SMILES string of the molecule is O=P([O-])([O-])CC(F)C(F)(F)F. The molecule has 8 heteroatoms. The molecule has 0 fully saturated rings. The van der Waals surface area contributed by atoms with Crippen molar-refractivity contribution in [3.8, 4) is 0 Å². The van der Waals surface area contributed by atoms with Crippen LogP contribution >= 0.6 is 7.60 Å². The van der Waals surface area contributed by atoms with Crippen LogP contribution in [0, 0.1) is 0 Å². The van der Waals surface area contributed by atoms with E-state index in [1.807, 2.05) is 0 Å². The summed E-state index contributed by atoms with van der Waals surface area (Å²) in [5, 5.41) is 0. The quantitative estimate of drug-likeness (QED) is 0.451. The Hall–Kier alpha value is -0.130. The van der Waals surface area contributed by atoms with E-state index in [2.05, 4.69) is 0 Å². The predicted octanol–water partition coefficient (Wildman–Crippen LogP) is -0.200. The van der Waals surface area contributed by atoms with Gasteiger partial charge in [0.05, 0.1) is 0 Å². The zero-order valence-electron chi connectivity index (χ0n) is 4.97. The first-order chi connectivity index (χ1) is 4.63. The maximum Gasteiger partial charge on any atom is 0.420 e. The van der Waals surface area contributed by atoms with Crippen molar-refractivity contribution in [3.05, 3.63) is 0 Å². The number of hydrogen-bond acceptors (Lipinski definition) is 3. The Balaban J connectivity index is 4.10. The topological polar surface area (TPSA) is 63.2 Å². The van der Waals surface area contributed by atoms with Crippen molar-refractivity contribution in [2.75, 3.05) is 6.16 Å². The number of alkyl halides is 4. The van der Waals surface area contributed by atoms with Gasteiger partial charge in [-0.15, -0.1) is 0 Å². The van der Waals surface area contributed by atoms with Gasteiger partial charge < -0.3 is 14.4 Å². The number of rotatable bonds is 2. The second-order valence-corrected chi connectivity index (χ2v) is 3.39. The van der Waals surface area contributed by atoms with Crippen LogP contribution in [0.25, 0.3) is 0 Å². The lowest BCUT2D eigenvalue weighted by Crippen LogP contribution is -2.32. The third-order valence-electron chi connectivity index (χ3n) is 0.739. The van der Waals surface area contributed by atoms with Crippen LogP contribution in [0.5, 0.6) is 0 Å². The van der Waals surface area contributed by atoms with Crippen LogP contribution < -0.4 is 9.79 Å². The molecule has 0 heterocycles. The van der Waals surface area contributed by atoms with E-state index in [0.29, 0.717) is 0 Å². The molecule has 0 aromatic carbocycles. The minimum absolute atomic E-state index is 2.03. The second-order valence-electron chi connectivity index (χ2n) is 1.80. The molecule has 0 aliphatic carbocycles. The Morgan fingerprint density at radius 2 is 1.73 bits per heavy atom. The van der Waals surface area contributed by atoms with E-state index < -0.39 is 26.1 Å². The molecule has 0 aromatic heterocycles. The third-order valence-corrected chi connectivity index (χ3v) is 1.51. The van der Waals surface area contributed by atoms with E-state index in [-0.39, 0.29) is 0 Å². The summed E-state index contributed by atoms with van der Waals surface area (Å²) in [5.74, 6) is 0. The smallest absolute Gasteiger partial charge is 0.420 e. The fraction of sp³-hybridized carbons (Fsp3) is 1.00. The molecule has 0 radical (unpaired) electrons. The molecule has 0 amide bonds. The third kappa shape index (κ3) is 5.17. The lowest BCUT2D eigenvalue weighted by molar-refractivity contribution is -0.316. The lowest BCUT2D eigenvalue weighted by Gasteiger charge is -2.31. The second kappa shape index (κ2) is 3.08. The Labute approximate surface area is 59.2 Å².